The molecule has 0 heterocycles. The normalized spacial score (nSPS) is 32.3. The molecule has 78 valence electrons. The molecule has 0 aliphatic heterocycles. The first kappa shape index (κ1) is 11.1. The van der Waals surface area contributed by atoms with E-state index in [9.17, 15) is 0 Å². The molecule has 0 spiro atoms. The van der Waals surface area contributed by atoms with Crippen LogP contribution in [0.2, 0.25) is 0 Å². The zero-order chi connectivity index (χ0) is 9.84. The fraction of sp³-hybridized carbons (Fsp3) is 1.00. The lowest BCUT2D eigenvalue weighted by molar-refractivity contribution is 0.124. The minimum absolute atomic E-state index is 0.929. The number of hydrogen-bond donors (Lipinski definition) is 0. The van der Waals surface area contributed by atoms with E-state index in [1.54, 1.807) is 0 Å². The van der Waals surface area contributed by atoms with Gasteiger partial charge in [0.2, 0.25) is 0 Å². The van der Waals surface area contributed by atoms with Crippen LogP contribution in [0.4, 0.5) is 0 Å². The van der Waals surface area contributed by atoms with Crippen molar-refractivity contribution in [2.75, 3.05) is 0 Å². The zero-order valence-electron chi connectivity index (χ0n) is 9.84. The molecule has 0 aromatic heterocycles. The Morgan fingerprint density at radius 2 is 1.62 bits per heavy atom. The van der Waals surface area contributed by atoms with Crippen molar-refractivity contribution < 1.29 is 0 Å². The van der Waals surface area contributed by atoms with Gasteiger partial charge >= 0.3 is 0 Å². The third-order valence-electron chi connectivity index (χ3n) is 4.39. The molecule has 13 heavy (non-hydrogen) atoms. The molecule has 0 aromatic carbocycles. The molecule has 1 aliphatic rings. The quantitative estimate of drug-likeness (QED) is 0.587. The van der Waals surface area contributed by atoms with Crippen molar-refractivity contribution in [2.24, 2.45) is 23.7 Å². The Kier molecular flexibility index (Phi) is 4.28. The Morgan fingerprint density at radius 3 is 2.00 bits per heavy atom. The standard InChI is InChI=1S/C13H26/c1-5-10(3)11(4)9-13-8-7-12(13)6-2/h10-13H,5-9H2,1-4H3. The second-order valence-electron chi connectivity index (χ2n) is 5.10. The smallest absolute Gasteiger partial charge is 0.0383 e. The third kappa shape index (κ3) is 2.72. The van der Waals surface area contributed by atoms with Gasteiger partial charge in [-0.15, -0.1) is 0 Å². The van der Waals surface area contributed by atoms with E-state index in [0.29, 0.717) is 0 Å². The Balaban J connectivity index is 2.23. The predicted octanol–water partition coefficient (Wildman–Crippen LogP) is 4.49. The van der Waals surface area contributed by atoms with Crippen molar-refractivity contribution in [1.29, 1.82) is 0 Å². The van der Waals surface area contributed by atoms with Gasteiger partial charge in [0.25, 0.3) is 0 Å². The Hall–Kier alpha value is 0. The molecule has 0 N–H and O–H groups in total. The molecule has 4 atom stereocenters. The molecule has 0 amide bonds. The van der Waals surface area contributed by atoms with Crippen molar-refractivity contribution in [1.82, 2.24) is 0 Å². The highest BCUT2D eigenvalue weighted by molar-refractivity contribution is 4.81. The van der Waals surface area contributed by atoms with Gasteiger partial charge in [-0.3, -0.25) is 0 Å². The topological polar surface area (TPSA) is 0 Å². The molecule has 1 saturated carbocycles. The van der Waals surface area contributed by atoms with E-state index in [1.165, 1.54) is 32.1 Å². The van der Waals surface area contributed by atoms with E-state index in [0.717, 1.165) is 23.7 Å². The van der Waals surface area contributed by atoms with Crippen LogP contribution in [-0.4, -0.2) is 0 Å². The van der Waals surface area contributed by atoms with Gasteiger partial charge in [-0.1, -0.05) is 40.5 Å². The average molecular weight is 182 g/mol. The Labute approximate surface area is 84.1 Å². The lowest BCUT2D eigenvalue weighted by Crippen LogP contribution is -2.28. The van der Waals surface area contributed by atoms with Gasteiger partial charge in [0, 0.05) is 0 Å². The van der Waals surface area contributed by atoms with Gasteiger partial charge < -0.3 is 0 Å². The highest BCUT2D eigenvalue weighted by Crippen LogP contribution is 2.41. The first-order valence-electron chi connectivity index (χ1n) is 6.19. The zero-order valence-corrected chi connectivity index (χ0v) is 9.84. The second kappa shape index (κ2) is 5.02. The molecule has 0 radical (unpaired) electrons. The highest BCUT2D eigenvalue weighted by atomic mass is 14.4. The van der Waals surface area contributed by atoms with E-state index in [4.69, 9.17) is 0 Å². The van der Waals surface area contributed by atoms with Crippen molar-refractivity contribution in [3.63, 3.8) is 0 Å². The summed E-state index contributed by atoms with van der Waals surface area (Å²) in [6.45, 7) is 9.52. The first-order valence-corrected chi connectivity index (χ1v) is 6.19. The minimum atomic E-state index is 0.929. The van der Waals surface area contributed by atoms with Crippen molar-refractivity contribution >= 4 is 0 Å². The monoisotopic (exact) mass is 182 g/mol. The largest absolute Gasteiger partial charge is 0.0651 e. The van der Waals surface area contributed by atoms with E-state index >= 15 is 0 Å². The minimum Gasteiger partial charge on any atom is -0.0651 e. The Morgan fingerprint density at radius 1 is 1.00 bits per heavy atom. The van der Waals surface area contributed by atoms with Crippen LogP contribution in [0.3, 0.4) is 0 Å². The average Bonchev–Trinajstić information content (AvgIpc) is 2.11. The summed E-state index contributed by atoms with van der Waals surface area (Å²) in [5.74, 6) is 4.03. The van der Waals surface area contributed by atoms with Crippen LogP contribution in [0.15, 0.2) is 0 Å². The molecular weight excluding hydrogens is 156 g/mol. The van der Waals surface area contributed by atoms with Crippen LogP contribution < -0.4 is 0 Å². The van der Waals surface area contributed by atoms with Gasteiger partial charge in [-0.25, -0.2) is 0 Å². The van der Waals surface area contributed by atoms with Crippen LogP contribution in [0.25, 0.3) is 0 Å². The SMILES string of the molecule is CCC(C)C(C)CC1CCC1CC. The third-order valence-corrected chi connectivity index (χ3v) is 4.39. The van der Waals surface area contributed by atoms with E-state index < -0.39 is 0 Å². The molecule has 0 heteroatoms. The fourth-order valence-corrected chi connectivity index (χ4v) is 2.60. The molecule has 1 rings (SSSR count). The summed E-state index contributed by atoms with van der Waals surface area (Å²) in [6.07, 6.45) is 7.28. The molecule has 1 aliphatic carbocycles. The summed E-state index contributed by atoms with van der Waals surface area (Å²) in [7, 11) is 0. The maximum Gasteiger partial charge on any atom is -0.0383 e. The van der Waals surface area contributed by atoms with Crippen LogP contribution in [0.5, 0.6) is 0 Å². The summed E-state index contributed by atoms with van der Waals surface area (Å²) in [5, 5.41) is 0. The molecule has 0 aromatic rings. The molecule has 0 nitrogen and oxygen atoms in total. The maximum atomic E-state index is 2.44. The number of hydrogen-bond acceptors (Lipinski definition) is 0. The second-order valence-corrected chi connectivity index (χ2v) is 5.10. The summed E-state index contributed by atoms with van der Waals surface area (Å²) < 4.78 is 0. The van der Waals surface area contributed by atoms with Gasteiger partial charge in [0.05, 0.1) is 0 Å². The van der Waals surface area contributed by atoms with E-state index in [2.05, 4.69) is 27.7 Å². The molecule has 0 bridgehead atoms. The number of rotatable bonds is 5. The van der Waals surface area contributed by atoms with Crippen molar-refractivity contribution in [3.8, 4) is 0 Å². The maximum absolute atomic E-state index is 2.44. The van der Waals surface area contributed by atoms with Gasteiger partial charge in [-0.05, 0) is 42.9 Å². The first-order chi connectivity index (χ1) is 6.19. The van der Waals surface area contributed by atoms with Crippen molar-refractivity contribution in [3.05, 3.63) is 0 Å². The van der Waals surface area contributed by atoms with Gasteiger partial charge in [0.15, 0.2) is 0 Å². The lowest BCUT2D eigenvalue weighted by Gasteiger charge is -2.38. The lowest BCUT2D eigenvalue weighted by atomic mass is 9.67. The van der Waals surface area contributed by atoms with Crippen LogP contribution >= 0.6 is 0 Å². The van der Waals surface area contributed by atoms with Crippen LogP contribution in [0, 0.1) is 23.7 Å². The molecule has 1 fully saturated rings. The summed E-state index contributed by atoms with van der Waals surface area (Å²) in [5.41, 5.74) is 0. The molecule has 0 saturated heterocycles. The molecular formula is C13H26. The molecule has 4 unspecified atom stereocenters. The fourth-order valence-electron chi connectivity index (χ4n) is 2.60. The summed E-state index contributed by atoms with van der Waals surface area (Å²) in [4.78, 5) is 0. The highest BCUT2D eigenvalue weighted by Gasteiger charge is 2.30. The van der Waals surface area contributed by atoms with Crippen molar-refractivity contribution in [2.45, 2.75) is 59.8 Å². The summed E-state index contributed by atoms with van der Waals surface area (Å²) in [6, 6.07) is 0. The van der Waals surface area contributed by atoms with E-state index in [-0.39, 0.29) is 0 Å². The van der Waals surface area contributed by atoms with Crippen LogP contribution in [0.1, 0.15) is 59.8 Å². The van der Waals surface area contributed by atoms with E-state index in [1.807, 2.05) is 0 Å². The van der Waals surface area contributed by atoms with Gasteiger partial charge in [-0.2, -0.15) is 0 Å². The predicted molar refractivity (Wildman–Crippen MR) is 59.7 cm³/mol. The summed E-state index contributed by atoms with van der Waals surface area (Å²) >= 11 is 0. The van der Waals surface area contributed by atoms with Gasteiger partial charge in [0.1, 0.15) is 0 Å². The Bertz CT molecular complexity index is 130. The van der Waals surface area contributed by atoms with Crippen LogP contribution in [-0.2, 0) is 0 Å².